The van der Waals surface area contributed by atoms with Crippen LogP contribution in [-0.2, 0) is 21.4 Å². The minimum atomic E-state index is -1.02. The lowest BCUT2D eigenvalue weighted by molar-refractivity contribution is 0.0988. The van der Waals surface area contributed by atoms with E-state index in [1.807, 2.05) is 0 Å². The lowest BCUT2D eigenvalue weighted by Crippen LogP contribution is -2.41. The minimum absolute atomic E-state index is 0.0350. The topological polar surface area (TPSA) is 91.2 Å². The molecule has 0 amide bonds. The molecule has 8 heteroatoms. The van der Waals surface area contributed by atoms with E-state index in [0.717, 1.165) is 0 Å². The Morgan fingerprint density at radius 1 is 1.41 bits per heavy atom. The van der Waals surface area contributed by atoms with Crippen molar-refractivity contribution in [2.45, 2.75) is 18.9 Å². The van der Waals surface area contributed by atoms with Gasteiger partial charge in [0.05, 0.1) is 12.5 Å². The highest BCUT2D eigenvalue weighted by Gasteiger charge is 2.47. The van der Waals surface area contributed by atoms with Crippen molar-refractivity contribution >= 4 is 17.5 Å². The van der Waals surface area contributed by atoms with Crippen LogP contribution in [0.5, 0.6) is 0 Å². The molecule has 1 aromatic heterocycles. The number of aliphatic imine (C=N–C) groups is 1. The quantitative estimate of drug-likeness (QED) is 0.637. The number of ketones is 1. The van der Waals surface area contributed by atoms with Gasteiger partial charge in [0.1, 0.15) is 29.9 Å². The minimum Gasteiger partial charge on any atom is -0.497 e. The Balaban J connectivity index is 1.66. The summed E-state index contributed by atoms with van der Waals surface area (Å²) in [5, 5.41) is 0. The first-order valence-corrected chi connectivity index (χ1v) is 8.91. The van der Waals surface area contributed by atoms with E-state index >= 15 is 0 Å². The molecule has 2 N–H and O–H groups in total. The second-order valence-electron chi connectivity index (χ2n) is 7.03. The number of amidine groups is 1. The first-order chi connectivity index (χ1) is 13.9. The fourth-order valence-electron chi connectivity index (χ4n) is 3.59. The first-order valence-electron chi connectivity index (χ1n) is 8.91. The smallest absolute Gasteiger partial charge is 0.288 e. The van der Waals surface area contributed by atoms with Crippen molar-refractivity contribution < 1.29 is 18.7 Å². The number of carbonyl (C=O) groups is 1. The third-order valence-corrected chi connectivity index (χ3v) is 5.15. The van der Waals surface area contributed by atoms with E-state index in [0.29, 0.717) is 29.2 Å². The summed E-state index contributed by atoms with van der Waals surface area (Å²) < 4.78 is 25.5. The third-order valence-electron chi connectivity index (χ3n) is 5.15. The van der Waals surface area contributed by atoms with Crippen LogP contribution in [0, 0.1) is 18.3 Å². The van der Waals surface area contributed by atoms with Crippen molar-refractivity contribution in [3.63, 3.8) is 0 Å². The predicted octanol–water partition coefficient (Wildman–Crippen LogP) is 3.24. The average Bonchev–Trinajstić information content (AvgIpc) is 3.18. The highest BCUT2D eigenvalue weighted by molar-refractivity contribution is 5.96. The van der Waals surface area contributed by atoms with Gasteiger partial charge in [-0.1, -0.05) is 12.1 Å². The van der Waals surface area contributed by atoms with E-state index in [2.05, 4.69) is 14.8 Å². The van der Waals surface area contributed by atoms with Gasteiger partial charge in [0.2, 0.25) is 5.69 Å². The Kier molecular flexibility index (Phi) is 4.51. The molecule has 29 heavy (non-hydrogen) atoms. The van der Waals surface area contributed by atoms with Gasteiger partial charge >= 0.3 is 0 Å². The Bertz CT molecular complexity index is 1090. The number of hydrogen-bond acceptors (Lipinski definition) is 6. The number of carbonyl (C=O) groups excluding carboxylic acids is 1. The summed E-state index contributed by atoms with van der Waals surface area (Å²) in [7, 11) is 0. The molecule has 2 aromatic rings. The first kappa shape index (κ1) is 18.6. The van der Waals surface area contributed by atoms with Crippen LogP contribution >= 0.6 is 0 Å². The van der Waals surface area contributed by atoms with Gasteiger partial charge in [0.15, 0.2) is 11.5 Å². The summed E-state index contributed by atoms with van der Waals surface area (Å²) in [6.07, 6.45) is 2.85. The molecular weight excluding hydrogens is 375 g/mol. The molecule has 0 aliphatic carbocycles. The molecule has 0 saturated carbocycles. The van der Waals surface area contributed by atoms with Gasteiger partial charge in [-0.15, -0.1) is 0 Å². The molecule has 1 unspecified atom stereocenters. The molecule has 2 atom stereocenters. The molecule has 0 bridgehead atoms. The Morgan fingerprint density at radius 3 is 2.97 bits per heavy atom. The zero-order chi connectivity index (χ0) is 20.6. The molecule has 3 heterocycles. The van der Waals surface area contributed by atoms with E-state index in [4.69, 9.17) is 21.8 Å². The second kappa shape index (κ2) is 7.02. The summed E-state index contributed by atoms with van der Waals surface area (Å²) in [5.41, 5.74) is 6.31. The van der Waals surface area contributed by atoms with E-state index in [1.165, 1.54) is 30.7 Å². The van der Waals surface area contributed by atoms with Crippen molar-refractivity contribution in [3.05, 3.63) is 82.6 Å². The molecule has 2 aliphatic heterocycles. The van der Waals surface area contributed by atoms with E-state index in [9.17, 15) is 9.18 Å². The average molecular weight is 392 g/mol. The summed E-state index contributed by atoms with van der Waals surface area (Å²) in [4.78, 5) is 24.2. The highest BCUT2D eigenvalue weighted by atomic mass is 19.1. The molecule has 0 spiro atoms. The lowest BCUT2D eigenvalue weighted by Gasteiger charge is -2.36. The van der Waals surface area contributed by atoms with Crippen molar-refractivity contribution in [3.8, 4) is 0 Å². The molecule has 2 aliphatic rings. The number of aromatic nitrogens is 1. The van der Waals surface area contributed by atoms with E-state index in [1.54, 1.807) is 19.1 Å². The van der Waals surface area contributed by atoms with E-state index in [-0.39, 0.29) is 29.8 Å². The Hall–Kier alpha value is -3.73. The number of nitrogens with zero attached hydrogens (tertiary/aromatic N) is 3. The molecule has 0 radical (unpaired) electrons. The van der Waals surface area contributed by atoms with Crippen molar-refractivity contribution in [1.82, 2.24) is 4.98 Å². The van der Waals surface area contributed by atoms with Crippen LogP contribution < -0.4 is 5.73 Å². The van der Waals surface area contributed by atoms with Crippen LogP contribution in [-0.4, -0.2) is 23.4 Å². The zero-order valence-electron chi connectivity index (χ0n) is 15.6. The number of halogens is 1. The van der Waals surface area contributed by atoms with Crippen LogP contribution in [0.4, 0.5) is 10.1 Å². The molecule has 7 nitrogen and oxygen atoms in total. The largest absolute Gasteiger partial charge is 0.497 e. The lowest BCUT2D eigenvalue weighted by atomic mass is 9.78. The highest BCUT2D eigenvalue weighted by Crippen LogP contribution is 2.44. The number of nitrogens with two attached hydrogens (primary N) is 1. The number of rotatable bonds is 4. The van der Waals surface area contributed by atoms with Gasteiger partial charge in [-0.3, -0.25) is 9.78 Å². The number of fused-ring (bicyclic) bond motifs is 1. The standard InChI is InChI=1S/C21H17FN4O3/c1-21(15-10-28-11-19(15)29-20(23)26-21)14-7-12(3-5-16(14)22)8-18(27)17-6-4-13(24-2)9-25-17/h3-7,9,11,15H,8,10H2,1H3,(H2,23,26)/t15?,21-/m1/s1. The van der Waals surface area contributed by atoms with Crippen LogP contribution in [0.1, 0.15) is 28.5 Å². The molecule has 0 fully saturated rings. The fourth-order valence-corrected chi connectivity index (χ4v) is 3.59. The van der Waals surface area contributed by atoms with E-state index < -0.39 is 11.4 Å². The maximum absolute atomic E-state index is 14.8. The number of hydrogen-bond donors (Lipinski definition) is 1. The van der Waals surface area contributed by atoms with Crippen LogP contribution in [0.3, 0.4) is 0 Å². The van der Waals surface area contributed by atoms with Gasteiger partial charge in [0, 0.05) is 18.2 Å². The van der Waals surface area contributed by atoms with Gasteiger partial charge < -0.3 is 15.2 Å². The number of ether oxygens (including phenoxy) is 2. The SMILES string of the molecule is [C-]#[N+]c1ccc(C(=O)Cc2ccc(F)c([C@@]3(C)N=C(N)OC4=COCC43)c2)nc1. The molecule has 4 rings (SSSR count). The molecule has 0 saturated heterocycles. The monoisotopic (exact) mass is 392 g/mol. The Labute approximate surface area is 166 Å². The summed E-state index contributed by atoms with van der Waals surface area (Å²) in [6.45, 7) is 9.01. The van der Waals surface area contributed by atoms with Crippen molar-refractivity contribution in [2.24, 2.45) is 16.6 Å². The molecule has 146 valence electrons. The molecular formula is C21H17FN4O3. The third kappa shape index (κ3) is 3.31. The fraction of sp³-hybridized carbons (Fsp3) is 0.238. The number of Topliss-reactive ketones (excluding diaryl/α,β-unsaturated/α-hetero) is 1. The van der Waals surface area contributed by atoms with Crippen molar-refractivity contribution in [1.29, 1.82) is 0 Å². The maximum atomic E-state index is 14.8. The summed E-state index contributed by atoms with van der Waals surface area (Å²) in [5.74, 6) is -0.500. The van der Waals surface area contributed by atoms with Crippen molar-refractivity contribution in [2.75, 3.05) is 6.61 Å². The maximum Gasteiger partial charge on any atom is 0.288 e. The van der Waals surface area contributed by atoms with Crippen LogP contribution in [0.25, 0.3) is 4.85 Å². The summed E-state index contributed by atoms with van der Waals surface area (Å²) in [6, 6.07) is 7.49. The molecule has 1 aromatic carbocycles. The normalized spacial score (nSPS) is 22.4. The second-order valence-corrected chi connectivity index (χ2v) is 7.03. The van der Waals surface area contributed by atoms with Gasteiger partial charge in [-0.25, -0.2) is 14.2 Å². The van der Waals surface area contributed by atoms with Gasteiger partial charge in [-0.05, 0) is 30.7 Å². The van der Waals surface area contributed by atoms with Gasteiger partial charge in [0.25, 0.3) is 6.02 Å². The predicted molar refractivity (Wildman–Crippen MR) is 103 cm³/mol. The number of benzene rings is 1. The summed E-state index contributed by atoms with van der Waals surface area (Å²) >= 11 is 0. The Morgan fingerprint density at radius 2 is 2.24 bits per heavy atom. The zero-order valence-corrected chi connectivity index (χ0v) is 15.6. The van der Waals surface area contributed by atoms with Crippen LogP contribution in [0.2, 0.25) is 0 Å². The van der Waals surface area contributed by atoms with Crippen LogP contribution in [0.15, 0.2) is 53.5 Å². The number of pyridine rings is 1. The van der Waals surface area contributed by atoms with Gasteiger partial charge in [-0.2, -0.15) is 0 Å².